The SMILES string of the molecule is CC(C)C(C)NCCN1CCC(CN(C)C)CC1. The average Bonchev–Trinajstić information content (AvgIpc) is 2.30. The molecule has 1 aliphatic rings. The Hall–Kier alpha value is -0.120. The molecule has 1 atom stereocenters. The number of hydrogen-bond acceptors (Lipinski definition) is 3. The maximum atomic E-state index is 3.62. The van der Waals surface area contributed by atoms with Crippen LogP contribution in [0.15, 0.2) is 0 Å². The van der Waals surface area contributed by atoms with Crippen molar-refractivity contribution in [2.45, 2.75) is 39.7 Å². The third kappa shape index (κ3) is 6.17. The van der Waals surface area contributed by atoms with Crippen LogP contribution in [-0.4, -0.2) is 62.7 Å². The molecule has 1 N–H and O–H groups in total. The van der Waals surface area contributed by atoms with Crippen molar-refractivity contribution < 1.29 is 0 Å². The van der Waals surface area contributed by atoms with Gasteiger partial charge >= 0.3 is 0 Å². The van der Waals surface area contributed by atoms with E-state index in [9.17, 15) is 0 Å². The number of likely N-dealkylation sites (tertiary alicyclic amines) is 1. The fourth-order valence-corrected chi connectivity index (χ4v) is 2.60. The lowest BCUT2D eigenvalue weighted by Gasteiger charge is -2.33. The first-order valence-corrected chi connectivity index (χ1v) is 7.59. The van der Waals surface area contributed by atoms with Gasteiger partial charge in [-0.2, -0.15) is 0 Å². The third-order valence-corrected chi connectivity index (χ3v) is 4.22. The van der Waals surface area contributed by atoms with E-state index in [2.05, 4.69) is 50.0 Å². The Kier molecular flexibility index (Phi) is 7.20. The van der Waals surface area contributed by atoms with Gasteiger partial charge in [0, 0.05) is 25.7 Å². The van der Waals surface area contributed by atoms with E-state index in [4.69, 9.17) is 0 Å². The summed E-state index contributed by atoms with van der Waals surface area (Å²) >= 11 is 0. The van der Waals surface area contributed by atoms with Crippen LogP contribution in [-0.2, 0) is 0 Å². The maximum absolute atomic E-state index is 3.62. The van der Waals surface area contributed by atoms with E-state index in [0.717, 1.165) is 18.4 Å². The molecule has 3 heteroatoms. The predicted octanol–water partition coefficient (Wildman–Crippen LogP) is 1.89. The Morgan fingerprint density at radius 1 is 1.17 bits per heavy atom. The molecule has 0 aromatic carbocycles. The summed E-state index contributed by atoms with van der Waals surface area (Å²) in [6, 6.07) is 0.635. The van der Waals surface area contributed by atoms with Crippen molar-refractivity contribution in [3.05, 3.63) is 0 Å². The van der Waals surface area contributed by atoms with Crippen LogP contribution in [0.25, 0.3) is 0 Å². The molecular weight excluding hydrogens is 222 g/mol. The molecule has 0 aliphatic carbocycles. The van der Waals surface area contributed by atoms with Gasteiger partial charge in [-0.3, -0.25) is 0 Å². The van der Waals surface area contributed by atoms with E-state index in [-0.39, 0.29) is 0 Å². The summed E-state index contributed by atoms with van der Waals surface area (Å²) in [5.41, 5.74) is 0. The third-order valence-electron chi connectivity index (χ3n) is 4.22. The van der Waals surface area contributed by atoms with Gasteiger partial charge in [0.05, 0.1) is 0 Å². The molecule has 0 radical (unpaired) electrons. The van der Waals surface area contributed by atoms with Gasteiger partial charge in [0.1, 0.15) is 0 Å². The summed E-state index contributed by atoms with van der Waals surface area (Å²) in [5, 5.41) is 3.62. The van der Waals surface area contributed by atoms with E-state index in [1.54, 1.807) is 0 Å². The zero-order valence-electron chi connectivity index (χ0n) is 13.1. The molecule has 0 bridgehead atoms. The Labute approximate surface area is 114 Å². The molecule has 0 spiro atoms. The lowest BCUT2D eigenvalue weighted by Crippen LogP contribution is -2.42. The zero-order chi connectivity index (χ0) is 13.5. The summed E-state index contributed by atoms with van der Waals surface area (Å²) in [6.45, 7) is 13.0. The van der Waals surface area contributed by atoms with E-state index in [0.29, 0.717) is 6.04 Å². The molecule has 18 heavy (non-hydrogen) atoms. The summed E-state index contributed by atoms with van der Waals surface area (Å²) in [6.07, 6.45) is 2.75. The second-order valence-corrected chi connectivity index (χ2v) is 6.53. The highest BCUT2D eigenvalue weighted by Crippen LogP contribution is 2.17. The molecule has 1 heterocycles. The first-order chi connectivity index (χ1) is 8.49. The first kappa shape index (κ1) is 15.9. The molecule has 0 aromatic rings. The molecule has 1 rings (SSSR count). The van der Waals surface area contributed by atoms with Crippen molar-refractivity contribution in [1.82, 2.24) is 15.1 Å². The van der Waals surface area contributed by atoms with Crippen LogP contribution in [0.5, 0.6) is 0 Å². The van der Waals surface area contributed by atoms with Gasteiger partial charge in [-0.1, -0.05) is 13.8 Å². The van der Waals surface area contributed by atoms with E-state index in [1.807, 2.05) is 0 Å². The minimum absolute atomic E-state index is 0.635. The van der Waals surface area contributed by atoms with Gasteiger partial charge in [0.2, 0.25) is 0 Å². The number of nitrogens with zero attached hydrogens (tertiary/aromatic N) is 2. The lowest BCUT2D eigenvalue weighted by atomic mass is 9.96. The van der Waals surface area contributed by atoms with Crippen LogP contribution in [0.3, 0.4) is 0 Å². The minimum Gasteiger partial charge on any atom is -0.313 e. The van der Waals surface area contributed by atoms with Crippen molar-refractivity contribution in [1.29, 1.82) is 0 Å². The second-order valence-electron chi connectivity index (χ2n) is 6.53. The van der Waals surface area contributed by atoms with Crippen LogP contribution >= 0.6 is 0 Å². The topological polar surface area (TPSA) is 18.5 Å². The van der Waals surface area contributed by atoms with Crippen LogP contribution < -0.4 is 5.32 Å². The fourth-order valence-electron chi connectivity index (χ4n) is 2.60. The average molecular weight is 255 g/mol. The normalized spacial score (nSPS) is 20.8. The highest BCUT2D eigenvalue weighted by atomic mass is 15.1. The fraction of sp³-hybridized carbons (Fsp3) is 1.00. The Morgan fingerprint density at radius 2 is 1.78 bits per heavy atom. The highest BCUT2D eigenvalue weighted by Gasteiger charge is 2.19. The molecule has 3 nitrogen and oxygen atoms in total. The molecular formula is C15H33N3. The summed E-state index contributed by atoms with van der Waals surface area (Å²) < 4.78 is 0. The Balaban J connectivity index is 2.09. The van der Waals surface area contributed by atoms with Crippen LogP contribution in [0, 0.1) is 11.8 Å². The smallest absolute Gasteiger partial charge is 0.0107 e. The van der Waals surface area contributed by atoms with E-state index in [1.165, 1.54) is 39.0 Å². The lowest BCUT2D eigenvalue weighted by molar-refractivity contribution is 0.161. The number of rotatable bonds is 7. The van der Waals surface area contributed by atoms with Crippen molar-refractivity contribution in [3.8, 4) is 0 Å². The number of hydrogen-bond donors (Lipinski definition) is 1. The minimum atomic E-state index is 0.635. The molecule has 1 fully saturated rings. The summed E-state index contributed by atoms with van der Waals surface area (Å²) in [7, 11) is 4.37. The predicted molar refractivity (Wildman–Crippen MR) is 80.0 cm³/mol. The number of piperidine rings is 1. The summed E-state index contributed by atoms with van der Waals surface area (Å²) in [4.78, 5) is 4.94. The van der Waals surface area contributed by atoms with E-state index < -0.39 is 0 Å². The molecule has 0 amide bonds. The first-order valence-electron chi connectivity index (χ1n) is 7.59. The monoisotopic (exact) mass is 255 g/mol. The molecule has 0 aromatic heterocycles. The van der Waals surface area contributed by atoms with Gasteiger partial charge in [-0.25, -0.2) is 0 Å². The molecule has 1 aliphatic heterocycles. The van der Waals surface area contributed by atoms with Crippen LogP contribution in [0.4, 0.5) is 0 Å². The standard InChI is InChI=1S/C15H33N3/c1-13(2)14(3)16-8-11-18-9-6-15(7-10-18)12-17(4)5/h13-16H,6-12H2,1-5H3. The molecule has 108 valence electrons. The van der Waals surface area contributed by atoms with E-state index >= 15 is 0 Å². The molecule has 1 unspecified atom stereocenters. The van der Waals surface area contributed by atoms with Crippen LogP contribution in [0.2, 0.25) is 0 Å². The largest absolute Gasteiger partial charge is 0.313 e. The highest BCUT2D eigenvalue weighted by molar-refractivity contribution is 4.75. The van der Waals surface area contributed by atoms with Gasteiger partial charge in [-0.05, 0) is 58.8 Å². The maximum Gasteiger partial charge on any atom is 0.0107 e. The Bertz CT molecular complexity index is 208. The van der Waals surface area contributed by atoms with Gasteiger partial charge in [0.15, 0.2) is 0 Å². The molecule has 1 saturated heterocycles. The van der Waals surface area contributed by atoms with Crippen LogP contribution in [0.1, 0.15) is 33.6 Å². The van der Waals surface area contributed by atoms with Crippen molar-refractivity contribution in [3.63, 3.8) is 0 Å². The Morgan fingerprint density at radius 3 is 2.28 bits per heavy atom. The summed E-state index contributed by atoms with van der Waals surface area (Å²) in [5.74, 6) is 1.65. The zero-order valence-corrected chi connectivity index (χ0v) is 13.1. The molecule has 0 saturated carbocycles. The number of nitrogens with one attached hydrogen (secondary N) is 1. The van der Waals surface area contributed by atoms with Gasteiger partial charge in [-0.15, -0.1) is 0 Å². The van der Waals surface area contributed by atoms with Crippen molar-refractivity contribution in [2.24, 2.45) is 11.8 Å². The van der Waals surface area contributed by atoms with Crippen molar-refractivity contribution in [2.75, 3.05) is 46.8 Å². The van der Waals surface area contributed by atoms with Gasteiger partial charge < -0.3 is 15.1 Å². The quantitative estimate of drug-likeness (QED) is 0.749. The van der Waals surface area contributed by atoms with Crippen molar-refractivity contribution >= 4 is 0 Å². The van der Waals surface area contributed by atoms with Gasteiger partial charge in [0.25, 0.3) is 0 Å². The second kappa shape index (κ2) is 8.13.